The van der Waals surface area contributed by atoms with E-state index in [1.54, 1.807) is 0 Å². The molecule has 1 rings (SSSR count). The Kier molecular flexibility index (Phi) is 7.60. The molecule has 0 aliphatic carbocycles. The van der Waals surface area contributed by atoms with Crippen LogP contribution in [-0.4, -0.2) is 56.5 Å². The molecule has 3 N–H and O–H groups in total. The Morgan fingerprint density at radius 1 is 1.28 bits per heavy atom. The first kappa shape index (κ1) is 15.1. The molecule has 0 amide bonds. The third-order valence-electron chi connectivity index (χ3n) is 2.94. The van der Waals surface area contributed by atoms with Crippen LogP contribution in [0.5, 0.6) is 0 Å². The summed E-state index contributed by atoms with van der Waals surface area (Å²) in [5.41, 5.74) is 7.12. The third kappa shape index (κ3) is 5.60. The van der Waals surface area contributed by atoms with Crippen LogP contribution < -0.4 is 5.73 Å². The summed E-state index contributed by atoms with van der Waals surface area (Å²) in [4.78, 5) is 2.21. The molecule has 1 unspecified atom stereocenters. The van der Waals surface area contributed by atoms with Crippen molar-refractivity contribution in [1.29, 1.82) is 0 Å². The monoisotopic (exact) mass is 252 g/mol. The molecule has 0 aromatic heterocycles. The van der Waals surface area contributed by atoms with Gasteiger partial charge in [-0.3, -0.25) is 0 Å². The Morgan fingerprint density at radius 2 is 2.00 bits per heavy atom. The maximum absolute atomic E-state index is 8.61. The van der Waals surface area contributed by atoms with Crippen molar-refractivity contribution in [3.8, 4) is 0 Å². The molecule has 1 aromatic rings. The van der Waals surface area contributed by atoms with Gasteiger partial charge in [0.1, 0.15) is 0 Å². The zero-order valence-corrected chi connectivity index (χ0v) is 11.1. The summed E-state index contributed by atoms with van der Waals surface area (Å²) in [6.45, 7) is 3.55. The molecule has 0 heterocycles. The van der Waals surface area contributed by atoms with Gasteiger partial charge in [0.25, 0.3) is 0 Å². The van der Waals surface area contributed by atoms with E-state index in [0.29, 0.717) is 25.7 Å². The second-order valence-electron chi connectivity index (χ2n) is 4.44. The van der Waals surface area contributed by atoms with Gasteiger partial charge in [-0.15, -0.1) is 0 Å². The first-order valence-corrected chi connectivity index (χ1v) is 6.40. The van der Waals surface area contributed by atoms with Crippen molar-refractivity contribution >= 4 is 0 Å². The highest BCUT2D eigenvalue weighted by molar-refractivity contribution is 5.20. The van der Waals surface area contributed by atoms with Gasteiger partial charge >= 0.3 is 0 Å². The first-order valence-electron chi connectivity index (χ1n) is 6.40. The average molecular weight is 252 g/mol. The van der Waals surface area contributed by atoms with Crippen molar-refractivity contribution < 1.29 is 9.84 Å². The number of nitrogens with two attached hydrogens (primary N) is 1. The minimum atomic E-state index is 0.0825. The zero-order chi connectivity index (χ0) is 13.2. The van der Waals surface area contributed by atoms with Gasteiger partial charge in [0.2, 0.25) is 0 Å². The van der Waals surface area contributed by atoms with Crippen LogP contribution in [0.4, 0.5) is 0 Å². The van der Waals surface area contributed by atoms with Crippen LogP contribution in [-0.2, 0) is 4.74 Å². The summed E-state index contributed by atoms with van der Waals surface area (Å²) in [5.74, 6) is 0.356. The fourth-order valence-electron chi connectivity index (χ4n) is 1.90. The predicted molar refractivity (Wildman–Crippen MR) is 73.6 cm³/mol. The van der Waals surface area contributed by atoms with E-state index in [1.165, 1.54) is 5.56 Å². The molecule has 4 nitrogen and oxygen atoms in total. The van der Waals surface area contributed by atoms with Gasteiger partial charge in [-0.1, -0.05) is 30.3 Å². The van der Waals surface area contributed by atoms with Gasteiger partial charge in [0.05, 0.1) is 19.8 Å². The topological polar surface area (TPSA) is 58.7 Å². The molecule has 102 valence electrons. The number of hydrogen-bond donors (Lipinski definition) is 2. The number of nitrogens with zero attached hydrogens (tertiary/aromatic N) is 1. The van der Waals surface area contributed by atoms with E-state index in [9.17, 15) is 0 Å². The quantitative estimate of drug-likeness (QED) is 0.634. The number of aliphatic hydroxyl groups excluding tert-OH is 1. The SMILES string of the molecule is CN(CCOCCO)CC(CN)c1ccccc1. The van der Waals surface area contributed by atoms with Crippen molar-refractivity contribution in [2.45, 2.75) is 5.92 Å². The van der Waals surface area contributed by atoms with Crippen LogP contribution in [0.25, 0.3) is 0 Å². The van der Waals surface area contributed by atoms with Crippen LogP contribution >= 0.6 is 0 Å². The Bertz CT molecular complexity index is 306. The lowest BCUT2D eigenvalue weighted by Gasteiger charge is -2.23. The molecule has 0 fully saturated rings. The largest absolute Gasteiger partial charge is 0.394 e. The highest BCUT2D eigenvalue weighted by Gasteiger charge is 2.11. The average Bonchev–Trinajstić information content (AvgIpc) is 2.42. The molecule has 1 aromatic carbocycles. The molecule has 0 aliphatic rings. The summed E-state index contributed by atoms with van der Waals surface area (Å²) in [6.07, 6.45) is 0. The van der Waals surface area contributed by atoms with Gasteiger partial charge in [-0.2, -0.15) is 0 Å². The number of rotatable bonds is 9. The van der Waals surface area contributed by atoms with E-state index in [2.05, 4.69) is 24.1 Å². The van der Waals surface area contributed by atoms with Crippen molar-refractivity contribution in [3.63, 3.8) is 0 Å². The summed E-state index contributed by atoms with van der Waals surface area (Å²) in [5, 5.41) is 8.61. The van der Waals surface area contributed by atoms with Crippen molar-refractivity contribution in [2.24, 2.45) is 5.73 Å². The summed E-state index contributed by atoms with van der Waals surface area (Å²) >= 11 is 0. The lowest BCUT2D eigenvalue weighted by molar-refractivity contribution is 0.0775. The summed E-state index contributed by atoms with van der Waals surface area (Å²) in [7, 11) is 2.06. The van der Waals surface area contributed by atoms with Gasteiger partial charge in [0.15, 0.2) is 0 Å². The second kappa shape index (κ2) is 9.05. The molecule has 4 heteroatoms. The standard InChI is InChI=1S/C14H24N2O2/c1-16(7-9-18-10-8-17)12-14(11-15)13-5-3-2-4-6-13/h2-6,14,17H,7-12,15H2,1H3. The molecule has 18 heavy (non-hydrogen) atoms. The molecule has 0 bridgehead atoms. The molecular weight excluding hydrogens is 228 g/mol. The number of benzene rings is 1. The van der Waals surface area contributed by atoms with Crippen LogP contribution in [0.15, 0.2) is 30.3 Å². The smallest absolute Gasteiger partial charge is 0.0698 e. The van der Waals surface area contributed by atoms with Crippen molar-refractivity contribution in [2.75, 3.05) is 46.5 Å². The number of ether oxygens (including phenoxy) is 1. The maximum Gasteiger partial charge on any atom is 0.0698 e. The van der Waals surface area contributed by atoms with Gasteiger partial charge in [-0.05, 0) is 12.6 Å². The van der Waals surface area contributed by atoms with Crippen LogP contribution in [0.1, 0.15) is 11.5 Å². The molecular formula is C14H24N2O2. The Labute approximate surface area is 109 Å². The van der Waals surface area contributed by atoms with Gasteiger partial charge in [0, 0.05) is 25.6 Å². The van der Waals surface area contributed by atoms with Gasteiger partial charge in [-0.25, -0.2) is 0 Å². The first-order chi connectivity index (χ1) is 8.77. The van der Waals surface area contributed by atoms with E-state index in [-0.39, 0.29) is 6.61 Å². The van der Waals surface area contributed by atoms with E-state index in [4.69, 9.17) is 15.6 Å². The molecule has 0 spiro atoms. The van der Waals surface area contributed by atoms with Crippen molar-refractivity contribution in [3.05, 3.63) is 35.9 Å². The molecule has 0 radical (unpaired) electrons. The van der Waals surface area contributed by atoms with Crippen LogP contribution in [0.2, 0.25) is 0 Å². The molecule has 0 saturated carbocycles. The highest BCUT2D eigenvalue weighted by atomic mass is 16.5. The zero-order valence-electron chi connectivity index (χ0n) is 11.1. The summed E-state index contributed by atoms with van der Waals surface area (Å²) < 4.78 is 5.25. The minimum Gasteiger partial charge on any atom is -0.394 e. The van der Waals surface area contributed by atoms with Gasteiger partial charge < -0.3 is 20.5 Å². The predicted octanol–water partition coefficient (Wildman–Crippen LogP) is 0.670. The maximum atomic E-state index is 8.61. The van der Waals surface area contributed by atoms with Crippen LogP contribution in [0, 0.1) is 0 Å². The summed E-state index contributed by atoms with van der Waals surface area (Å²) in [6, 6.07) is 10.3. The fourth-order valence-corrected chi connectivity index (χ4v) is 1.90. The van der Waals surface area contributed by atoms with E-state index in [1.807, 2.05) is 18.2 Å². The van der Waals surface area contributed by atoms with E-state index >= 15 is 0 Å². The Hall–Kier alpha value is -0.940. The highest BCUT2D eigenvalue weighted by Crippen LogP contribution is 2.14. The molecule has 0 aliphatic heterocycles. The van der Waals surface area contributed by atoms with Crippen LogP contribution in [0.3, 0.4) is 0 Å². The van der Waals surface area contributed by atoms with Crippen molar-refractivity contribution in [1.82, 2.24) is 4.90 Å². The number of likely N-dealkylation sites (N-methyl/N-ethyl adjacent to an activating group) is 1. The third-order valence-corrected chi connectivity index (χ3v) is 2.94. The normalized spacial score (nSPS) is 12.9. The second-order valence-corrected chi connectivity index (χ2v) is 4.44. The Balaban J connectivity index is 2.34. The Morgan fingerprint density at radius 3 is 2.61 bits per heavy atom. The van der Waals surface area contributed by atoms with E-state index in [0.717, 1.165) is 13.1 Å². The number of hydrogen-bond acceptors (Lipinski definition) is 4. The van der Waals surface area contributed by atoms with E-state index < -0.39 is 0 Å². The fraction of sp³-hybridized carbons (Fsp3) is 0.571. The minimum absolute atomic E-state index is 0.0825. The molecule has 1 atom stereocenters. The molecule has 0 saturated heterocycles. The lowest BCUT2D eigenvalue weighted by atomic mass is 9.99. The lowest BCUT2D eigenvalue weighted by Crippen LogP contribution is -2.31. The number of aliphatic hydroxyl groups is 1.